The molecule has 0 unspecified atom stereocenters. The van der Waals surface area contributed by atoms with Crippen molar-refractivity contribution in [2.24, 2.45) is 5.41 Å². The van der Waals surface area contributed by atoms with Crippen LogP contribution in [-0.2, 0) is 11.4 Å². The van der Waals surface area contributed by atoms with E-state index in [0.717, 1.165) is 45.2 Å². The van der Waals surface area contributed by atoms with Crippen LogP contribution in [0.5, 0.6) is 11.5 Å². The zero-order valence-corrected chi connectivity index (χ0v) is 22.5. The Labute approximate surface area is 228 Å². The van der Waals surface area contributed by atoms with Crippen molar-refractivity contribution in [2.75, 3.05) is 11.9 Å². The van der Waals surface area contributed by atoms with Crippen LogP contribution in [0.1, 0.15) is 56.3 Å². The van der Waals surface area contributed by atoms with Gasteiger partial charge in [0.15, 0.2) is 17.3 Å². The van der Waals surface area contributed by atoms with Crippen LogP contribution < -0.4 is 14.8 Å². The van der Waals surface area contributed by atoms with E-state index in [-0.39, 0.29) is 29.7 Å². The van der Waals surface area contributed by atoms with Crippen molar-refractivity contribution in [3.63, 3.8) is 0 Å². The second-order valence-electron chi connectivity index (χ2n) is 11.1. The van der Waals surface area contributed by atoms with E-state index in [2.05, 4.69) is 49.5 Å². The number of hydrogen-bond acceptors (Lipinski definition) is 4. The first-order valence-corrected chi connectivity index (χ1v) is 13.5. The Bertz CT molecular complexity index is 1620. The smallest absolute Gasteiger partial charge is 0.162 e. The summed E-state index contributed by atoms with van der Waals surface area (Å²) in [4.78, 5) is 13.8. The Morgan fingerprint density at radius 2 is 1.72 bits per heavy atom. The van der Waals surface area contributed by atoms with E-state index in [1.165, 1.54) is 6.07 Å². The maximum atomic E-state index is 14.2. The Morgan fingerprint density at radius 3 is 2.54 bits per heavy atom. The summed E-state index contributed by atoms with van der Waals surface area (Å²) in [6.45, 7) is 6.81. The molecule has 0 saturated heterocycles. The molecule has 1 aliphatic carbocycles. The number of benzene rings is 4. The summed E-state index contributed by atoms with van der Waals surface area (Å²) in [5.41, 5.74) is 5.41. The maximum absolute atomic E-state index is 14.2. The van der Waals surface area contributed by atoms with E-state index in [9.17, 15) is 9.18 Å². The van der Waals surface area contributed by atoms with Crippen LogP contribution in [0, 0.1) is 11.2 Å². The van der Waals surface area contributed by atoms with Crippen LogP contribution in [0.4, 0.5) is 10.1 Å². The van der Waals surface area contributed by atoms with Crippen LogP contribution in [0.15, 0.2) is 84.4 Å². The molecule has 0 fully saturated rings. The predicted molar refractivity (Wildman–Crippen MR) is 154 cm³/mol. The molecule has 2 aliphatic rings. The highest BCUT2D eigenvalue weighted by molar-refractivity contribution is 6.12. The van der Waals surface area contributed by atoms with Gasteiger partial charge in [-0.25, -0.2) is 4.39 Å². The van der Waals surface area contributed by atoms with E-state index in [1.54, 1.807) is 18.2 Å². The van der Waals surface area contributed by atoms with Gasteiger partial charge in [0.1, 0.15) is 12.4 Å². The fraction of sp³-hybridized carbons (Fsp3) is 0.265. The minimum absolute atomic E-state index is 0.0943. The minimum atomic E-state index is -0.308. The second kappa shape index (κ2) is 9.88. The monoisotopic (exact) mass is 521 g/mol. The largest absolute Gasteiger partial charge is 0.490 e. The number of nitrogens with one attached hydrogen (secondary N) is 1. The van der Waals surface area contributed by atoms with Gasteiger partial charge in [-0.05, 0) is 64.9 Å². The molecule has 5 heteroatoms. The van der Waals surface area contributed by atoms with E-state index in [0.29, 0.717) is 30.1 Å². The molecule has 0 radical (unpaired) electrons. The number of ketones is 1. The van der Waals surface area contributed by atoms with Gasteiger partial charge in [0, 0.05) is 28.8 Å². The van der Waals surface area contributed by atoms with Gasteiger partial charge in [-0.2, -0.15) is 0 Å². The number of halogens is 1. The standard InChI is InChI=1S/C34H32FNO3/c1-4-38-30-17-22(14-16-29(30)39-20-23-10-6-8-12-26(23)35)33-32-25(18-34(2,3)19-28(32)37)31-24-11-7-5-9-21(24)13-15-27(31)36-33/h5-17,33,36H,4,18-20H2,1-3H3/t33-/m1/s1. The average molecular weight is 522 g/mol. The number of fused-ring (bicyclic) bond motifs is 4. The Hall–Kier alpha value is -4.12. The van der Waals surface area contributed by atoms with E-state index >= 15 is 0 Å². The predicted octanol–water partition coefficient (Wildman–Crippen LogP) is 8.27. The van der Waals surface area contributed by atoms with Gasteiger partial charge in [-0.3, -0.25) is 4.79 Å². The van der Waals surface area contributed by atoms with Gasteiger partial charge < -0.3 is 14.8 Å². The quantitative estimate of drug-likeness (QED) is 0.277. The number of hydrogen-bond donors (Lipinski definition) is 1. The average Bonchev–Trinajstić information content (AvgIpc) is 2.92. The van der Waals surface area contributed by atoms with Crippen molar-refractivity contribution < 1.29 is 18.7 Å². The molecule has 1 heterocycles. The molecular formula is C34H32FNO3. The summed E-state index contributed by atoms with van der Waals surface area (Å²) >= 11 is 0. The van der Waals surface area contributed by atoms with Crippen LogP contribution in [-0.4, -0.2) is 12.4 Å². The third-order valence-electron chi connectivity index (χ3n) is 7.68. The zero-order chi connectivity index (χ0) is 27.1. The lowest BCUT2D eigenvalue weighted by atomic mass is 9.68. The van der Waals surface area contributed by atoms with Gasteiger partial charge in [-0.15, -0.1) is 0 Å². The molecule has 198 valence electrons. The molecule has 6 rings (SSSR count). The number of allylic oxidation sites excluding steroid dienone is 1. The number of ether oxygens (including phenoxy) is 2. The topological polar surface area (TPSA) is 47.6 Å². The molecule has 1 N–H and O–H groups in total. The van der Waals surface area contributed by atoms with Gasteiger partial charge >= 0.3 is 0 Å². The van der Waals surface area contributed by atoms with Crippen molar-refractivity contribution in [1.82, 2.24) is 0 Å². The molecule has 0 saturated carbocycles. The van der Waals surface area contributed by atoms with Gasteiger partial charge in [0.2, 0.25) is 0 Å². The highest BCUT2D eigenvalue weighted by atomic mass is 19.1. The Balaban J connectivity index is 1.43. The first-order valence-electron chi connectivity index (χ1n) is 13.5. The molecule has 0 amide bonds. The molecular weight excluding hydrogens is 489 g/mol. The van der Waals surface area contributed by atoms with Crippen LogP contribution in [0.3, 0.4) is 0 Å². The van der Waals surface area contributed by atoms with Gasteiger partial charge in [-0.1, -0.05) is 68.4 Å². The molecule has 4 aromatic rings. The minimum Gasteiger partial charge on any atom is -0.490 e. The lowest BCUT2D eigenvalue weighted by Crippen LogP contribution is -2.33. The van der Waals surface area contributed by atoms with E-state index in [4.69, 9.17) is 9.47 Å². The van der Waals surface area contributed by atoms with Crippen molar-refractivity contribution in [2.45, 2.75) is 46.3 Å². The van der Waals surface area contributed by atoms with Crippen molar-refractivity contribution >= 4 is 27.8 Å². The summed E-state index contributed by atoms with van der Waals surface area (Å²) in [5.74, 6) is 0.984. The molecule has 0 spiro atoms. The third kappa shape index (κ3) is 4.67. The summed E-state index contributed by atoms with van der Waals surface area (Å²) < 4.78 is 26.1. The van der Waals surface area contributed by atoms with Crippen molar-refractivity contribution in [3.05, 3.63) is 107 Å². The SMILES string of the molecule is CCOc1cc([C@H]2Nc3ccc4ccccc4c3C3=C2C(=O)CC(C)(C)C3)ccc1OCc1ccccc1F. The molecule has 1 atom stereocenters. The van der Waals surface area contributed by atoms with E-state index in [1.807, 2.05) is 31.2 Å². The number of carbonyl (C=O) groups is 1. The third-order valence-corrected chi connectivity index (χ3v) is 7.68. The summed E-state index contributed by atoms with van der Waals surface area (Å²) in [7, 11) is 0. The summed E-state index contributed by atoms with van der Waals surface area (Å²) in [6.07, 6.45) is 1.33. The highest BCUT2D eigenvalue weighted by Crippen LogP contribution is 2.52. The number of rotatable bonds is 6. The summed E-state index contributed by atoms with van der Waals surface area (Å²) in [5, 5.41) is 6.01. The van der Waals surface area contributed by atoms with E-state index < -0.39 is 0 Å². The van der Waals surface area contributed by atoms with Gasteiger partial charge in [0.25, 0.3) is 0 Å². The Morgan fingerprint density at radius 1 is 0.923 bits per heavy atom. The maximum Gasteiger partial charge on any atom is 0.162 e. The van der Waals surface area contributed by atoms with Crippen LogP contribution in [0.25, 0.3) is 16.3 Å². The fourth-order valence-electron chi connectivity index (χ4n) is 5.95. The fourth-order valence-corrected chi connectivity index (χ4v) is 5.95. The molecule has 4 aromatic carbocycles. The van der Waals surface area contributed by atoms with Crippen molar-refractivity contribution in [1.29, 1.82) is 0 Å². The zero-order valence-electron chi connectivity index (χ0n) is 22.5. The van der Waals surface area contributed by atoms with Crippen LogP contribution in [0.2, 0.25) is 0 Å². The number of anilines is 1. The van der Waals surface area contributed by atoms with Crippen molar-refractivity contribution in [3.8, 4) is 11.5 Å². The molecule has 0 bridgehead atoms. The molecule has 4 nitrogen and oxygen atoms in total. The molecule has 1 aliphatic heterocycles. The molecule has 0 aromatic heterocycles. The summed E-state index contributed by atoms with van der Waals surface area (Å²) in [6, 6.07) is 24.7. The number of Topliss-reactive ketones (excluding diaryl/α,β-unsaturated/α-hetero) is 1. The Kier molecular flexibility index (Phi) is 6.38. The first kappa shape index (κ1) is 25.2. The normalized spacial score (nSPS) is 17.8. The van der Waals surface area contributed by atoms with Crippen LogP contribution >= 0.6 is 0 Å². The van der Waals surface area contributed by atoms with Gasteiger partial charge in [0.05, 0.1) is 12.6 Å². The molecule has 39 heavy (non-hydrogen) atoms. The lowest BCUT2D eigenvalue weighted by Gasteiger charge is -2.40. The second-order valence-corrected chi connectivity index (χ2v) is 11.1. The highest BCUT2D eigenvalue weighted by Gasteiger charge is 2.41. The lowest BCUT2D eigenvalue weighted by molar-refractivity contribution is -0.118. The number of carbonyl (C=O) groups excluding carboxylic acids is 1. The first-order chi connectivity index (χ1) is 18.8.